The van der Waals surface area contributed by atoms with E-state index in [0.29, 0.717) is 4.90 Å². The first kappa shape index (κ1) is 15.4. The van der Waals surface area contributed by atoms with Crippen molar-refractivity contribution in [3.8, 4) is 0 Å². The van der Waals surface area contributed by atoms with Crippen LogP contribution in [0.4, 0.5) is 0 Å². The fourth-order valence-electron chi connectivity index (χ4n) is 2.18. The van der Waals surface area contributed by atoms with Gasteiger partial charge in [-0.2, -0.15) is 4.80 Å². The molecule has 0 radical (unpaired) electrons. The average Bonchev–Trinajstić information content (AvgIpc) is 2.97. The molecule has 2 aromatic carbocycles. The Balaban J connectivity index is 1.93. The van der Waals surface area contributed by atoms with Crippen LogP contribution >= 0.6 is 0 Å². The highest BCUT2D eigenvalue weighted by Gasteiger charge is 2.33. The third-order valence-corrected chi connectivity index (χ3v) is 6.07. The van der Waals surface area contributed by atoms with E-state index in [0.717, 1.165) is 11.0 Å². The zero-order chi connectivity index (χ0) is 16.5. The van der Waals surface area contributed by atoms with Crippen LogP contribution in [0.1, 0.15) is 13.8 Å². The zero-order valence-electron chi connectivity index (χ0n) is 12.9. The number of hydrogen-bond acceptors (Lipinski definition) is 4. The maximum absolute atomic E-state index is 12.7. The molecule has 0 fully saturated rings. The quantitative estimate of drug-likeness (QED) is 0.738. The van der Waals surface area contributed by atoms with Gasteiger partial charge in [-0.1, -0.05) is 30.3 Å². The van der Waals surface area contributed by atoms with Crippen LogP contribution < -0.4 is 0 Å². The lowest BCUT2D eigenvalue weighted by Gasteiger charge is -2.20. The van der Waals surface area contributed by atoms with Gasteiger partial charge in [-0.15, -0.1) is 10.2 Å². The molecule has 3 rings (SSSR count). The summed E-state index contributed by atoms with van der Waals surface area (Å²) in [4.78, 5) is 1.70. The van der Waals surface area contributed by atoms with Crippen LogP contribution in [0.2, 0.25) is 0 Å². The maximum atomic E-state index is 12.7. The molecule has 0 spiro atoms. The van der Waals surface area contributed by atoms with Crippen LogP contribution in [-0.2, 0) is 9.84 Å². The van der Waals surface area contributed by atoms with Crippen molar-refractivity contribution in [1.82, 2.24) is 15.0 Å². The summed E-state index contributed by atoms with van der Waals surface area (Å²) in [5.74, 6) is 0. The Morgan fingerprint density at radius 3 is 2.00 bits per heavy atom. The summed E-state index contributed by atoms with van der Waals surface area (Å²) in [6, 6.07) is 15.9. The van der Waals surface area contributed by atoms with E-state index in [1.54, 1.807) is 56.5 Å². The largest absolute Gasteiger partial charge is 0.223 e. The molecule has 0 aliphatic heterocycles. The van der Waals surface area contributed by atoms with E-state index in [1.165, 1.54) is 4.80 Å². The van der Waals surface area contributed by atoms with Crippen LogP contribution in [0.3, 0.4) is 0 Å². The second-order valence-corrected chi connectivity index (χ2v) is 8.28. The fraction of sp³-hybridized carbons (Fsp3) is 0.176. The Hall–Kier alpha value is -2.47. The van der Waals surface area contributed by atoms with Crippen molar-refractivity contribution in [3.05, 3.63) is 60.7 Å². The van der Waals surface area contributed by atoms with Gasteiger partial charge >= 0.3 is 0 Å². The molecular weight excluding hydrogens is 310 g/mol. The van der Waals surface area contributed by atoms with Gasteiger partial charge in [0.05, 0.1) is 9.64 Å². The van der Waals surface area contributed by atoms with Crippen LogP contribution in [0.15, 0.2) is 65.6 Å². The van der Waals surface area contributed by atoms with Crippen LogP contribution in [0.5, 0.6) is 0 Å². The van der Waals surface area contributed by atoms with E-state index in [4.69, 9.17) is 0 Å². The number of rotatable bonds is 4. The summed E-state index contributed by atoms with van der Waals surface area (Å²) in [7, 11) is -3.49. The van der Waals surface area contributed by atoms with E-state index >= 15 is 0 Å². The molecule has 0 saturated carbocycles. The van der Waals surface area contributed by atoms with Gasteiger partial charge in [-0.05, 0) is 44.2 Å². The van der Waals surface area contributed by atoms with Gasteiger partial charge in [-0.25, -0.2) is 8.42 Å². The van der Waals surface area contributed by atoms with Gasteiger partial charge in [0, 0.05) is 6.20 Å². The Labute approximate surface area is 135 Å². The minimum Gasteiger partial charge on any atom is -0.223 e. The normalized spacial score (nSPS) is 13.0. The van der Waals surface area contributed by atoms with Crippen LogP contribution in [-0.4, -0.2) is 28.2 Å². The second kappa shape index (κ2) is 5.62. The van der Waals surface area contributed by atoms with E-state index in [9.17, 15) is 8.42 Å². The molecule has 0 bridgehead atoms. The van der Waals surface area contributed by atoms with Crippen molar-refractivity contribution in [2.45, 2.75) is 23.5 Å². The number of sulfone groups is 1. The van der Waals surface area contributed by atoms with Crippen molar-refractivity contribution in [2.24, 2.45) is 0 Å². The van der Waals surface area contributed by atoms with E-state index in [-0.39, 0.29) is 0 Å². The Morgan fingerprint density at radius 2 is 1.43 bits per heavy atom. The van der Waals surface area contributed by atoms with Crippen molar-refractivity contribution in [2.75, 3.05) is 0 Å². The van der Waals surface area contributed by atoms with Gasteiger partial charge in [0.1, 0.15) is 11.0 Å². The van der Waals surface area contributed by atoms with Gasteiger partial charge in [0.2, 0.25) is 0 Å². The number of benzene rings is 2. The van der Waals surface area contributed by atoms with Crippen molar-refractivity contribution in [1.29, 1.82) is 0 Å². The summed E-state index contributed by atoms with van der Waals surface area (Å²) in [6.07, 6.45) is 3.19. The van der Waals surface area contributed by atoms with E-state index in [2.05, 4.69) is 10.2 Å². The summed E-state index contributed by atoms with van der Waals surface area (Å²) >= 11 is 0. The highest BCUT2D eigenvalue weighted by Crippen LogP contribution is 2.26. The molecule has 0 N–H and O–H groups in total. The smallest absolute Gasteiger partial charge is 0.187 e. The first-order valence-corrected chi connectivity index (χ1v) is 8.69. The molecule has 118 valence electrons. The predicted octanol–water partition coefficient (Wildman–Crippen LogP) is 3.15. The Kier molecular flexibility index (Phi) is 3.77. The molecule has 23 heavy (non-hydrogen) atoms. The average molecular weight is 327 g/mol. The summed E-state index contributed by atoms with van der Waals surface area (Å²) < 4.78 is 24.4. The first-order chi connectivity index (χ1) is 10.9. The summed E-state index contributed by atoms with van der Waals surface area (Å²) in [6.45, 7) is 3.32. The molecule has 0 saturated heterocycles. The molecule has 0 unspecified atom stereocenters. The van der Waals surface area contributed by atoms with Gasteiger partial charge in [-0.3, -0.25) is 0 Å². The highest BCUT2D eigenvalue weighted by atomic mass is 32.2. The fourth-order valence-corrected chi connectivity index (χ4v) is 3.55. The molecule has 1 aromatic heterocycles. The molecule has 6 heteroatoms. The van der Waals surface area contributed by atoms with Gasteiger partial charge in [0.15, 0.2) is 9.84 Å². The third-order valence-electron chi connectivity index (χ3n) is 3.66. The standard InChI is InChI=1S/C17H17N3O2S/c1-17(2,23(21,22)14-8-4-3-5-9-14)12-13-20-18-15-10-6-7-11-16(15)19-20/h3-13H,1-2H3. The summed E-state index contributed by atoms with van der Waals surface area (Å²) in [5.41, 5.74) is 1.53. The molecule has 0 aliphatic rings. The highest BCUT2D eigenvalue weighted by molar-refractivity contribution is 7.93. The topological polar surface area (TPSA) is 64.8 Å². The van der Waals surface area contributed by atoms with Crippen molar-refractivity contribution >= 4 is 27.1 Å². The first-order valence-electron chi connectivity index (χ1n) is 7.21. The molecule has 0 atom stereocenters. The molecule has 1 heterocycles. The van der Waals surface area contributed by atoms with Gasteiger partial charge in [0.25, 0.3) is 0 Å². The van der Waals surface area contributed by atoms with E-state index < -0.39 is 14.6 Å². The third kappa shape index (κ3) is 2.90. The monoisotopic (exact) mass is 327 g/mol. The molecular formula is C17H17N3O2S. The SMILES string of the molecule is CC(C)(C=Cn1nc2ccccc2n1)S(=O)(=O)c1ccccc1. The molecule has 5 nitrogen and oxygen atoms in total. The number of aromatic nitrogens is 3. The number of fused-ring (bicyclic) bond motifs is 1. The van der Waals surface area contributed by atoms with E-state index in [1.807, 2.05) is 24.3 Å². The summed E-state index contributed by atoms with van der Waals surface area (Å²) in [5, 5.41) is 8.59. The molecule has 0 aliphatic carbocycles. The maximum Gasteiger partial charge on any atom is 0.187 e. The molecule has 3 aromatic rings. The Morgan fingerprint density at radius 1 is 0.913 bits per heavy atom. The Bertz CT molecular complexity index is 925. The minimum atomic E-state index is -3.49. The molecule has 0 amide bonds. The van der Waals surface area contributed by atoms with Crippen LogP contribution in [0, 0.1) is 0 Å². The predicted molar refractivity (Wildman–Crippen MR) is 90.6 cm³/mol. The number of hydrogen-bond donors (Lipinski definition) is 0. The second-order valence-electron chi connectivity index (χ2n) is 5.74. The van der Waals surface area contributed by atoms with Crippen LogP contribution in [0.25, 0.3) is 17.2 Å². The lowest BCUT2D eigenvalue weighted by molar-refractivity contribution is 0.572. The van der Waals surface area contributed by atoms with Gasteiger partial charge < -0.3 is 0 Å². The van der Waals surface area contributed by atoms with Crippen molar-refractivity contribution in [3.63, 3.8) is 0 Å². The van der Waals surface area contributed by atoms with Crippen molar-refractivity contribution < 1.29 is 8.42 Å². The zero-order valence-corrected chi connectivity index (χ0v) is 13.7. The lowest BCUT2D eigenvalue weighted by Crippen LogP contribution is -2.29. The lowest BCUT2D eigenvalue weighted by atomic mass is 10.2. The number of nitrogens with zero attached hydrogens (tertiary/aromatic N) is 3. The minimum absolute atomic E-state index is 0.299.